The van der Waals surface area contributed by atoms with Gasteiger partial charge in [0.05, 0.1) is 19.4 Å². The second-order valence-electron chi connectivity index (χ2n) is 5.54. The minimum Gasteiger partial charge on any atom is -0.467 e. The summed E-state index contributed by atoms with van der Waals surface area (Å²) in [5.41, 5.74) is 1.07. The zero-order chi connectivity index (χ0) is 15.4. The van der Waals surface area contributed by atoms with Crippen LogP contribution in [0, 0.1) is 5.82 Å². The molecule has 2 heterocycles. The topological polar surface area (TPSA) is 45.5 Å². The molecule has 4 nitrogen and oxygen atoms in total. The average molecular weight is 302 g/mol. The first-order valence-electron chi connectivity index (χ1n) is 7.51. The third kappa shape index (κ3) is 3.54. The summed E-state index contributed by atoms with van der Waals surface area (Å²) in [5, 5.41) is 2.86. The molecule has 1 aromatic carbocycles. The molecule has 1 atom stereocenters. The maximum absolute atomic E-state index is 13.0. The zero-order valence-corrected chi connectivity index (χ0v) is 12.3. The summed E-state index contributed by atoms with van der Waals surface area (Å²) in [4.78, 5) is 14.2. The Morgan fingerprint density at radius 3 is 2.86 bits per heavy atom. The number of nitrogens with zero attached hydrogens (tertiary/aromatic N) is 1. The number of rotatable bonds is 5. The first-order valence-corrected chi connectivity index (χ1v) is 7.51. The molecule has 0 bridgehead atoms. The van der Waals surface area contributed by atoms with Crippen LogP contribution in [-0.4, -0.2) is 23.9 Å². The number of hydrogen-bond donors (Lipinski definition) is 1. The van der Waals surface area contributed by atoms with E-state index >= 15 is 0 Å². The molecule has 1 fully saturated rings. The third-order valence-corrected chi connectivity index (χ3v) is 4.01. The molecule has 1 amide bonds. The lowest BCUT2D eigenvalue weighted by Gasteiger charge is -2.24. The van der Waals surface area contributed by atoms with Gasteiger partial charge in [0, 0.05) is 6.04 Å². The van der Waals surface area contributed by atoms with Gasteiger partial charge in [0.1, 0.15) is 11.6 Å². The second-order valence-corrected chi connectivity index (χ2v) is 5.54. The van der Waals surface area contributed by atoms with Gasteiger partial charge in [-0.3, -0.25) is 9.69 Å². The summed E-state index contributed by atoms with van der Waals surface area (Å²) < 4.78 is 18.2. The number of carbonyl (C=O) groups is 1. The lowest BCUT2D eigenvalue weighted by atomic mass is 10.0. The number of hydrogen-bond acceptors (Lipinski definition) is 3. The van der Waals surface area contributed by atoms with Crippen LogP contribution in [0.4, 0.5) is 4.39 Å². The third-order valence-electron chi connectivity index (χ3n) is 4.01. The van der Waals surface area contributed by atoms with Crippen LogP contribution < -0.4 is 5.32 Å². The van der Waals surface area contributed by atoms with Gasteiger partial charge in [0.25, 0.3) is 0 Å². The molecule has 1 saturated heterocycles. The Hall–Kier alpha value is -2.14. The van der Waals surface area contributed by atoms with Crippen molar-refractivity contribution < 1.29 is 13.6 Å². The van der Waals surface area contributed by atoms with Crippen molar-refractivity contribution >= 4 is 5.91 Å². The summed E-state index contributed by atoms with van der Waals surface area (Å²) in [7, 11) is 0. The van der Waals surface area contributed by atoms with E-state index in [9.17, 15) is 9.18 Å². The molecule has 2 aromatic rings. The van der Waals surface area contributed by atoms with Crippen molar-refractivity contribution in [2.75, 3.05) is 13.1 Å². The van der Waals surface area contributed by atoms with Crippen LogP contribution in [0.25, 0.3) is 0 Å². The van der Waals surface area contributed by atoms with Gasteiger partial charge in [-0.2, -0.15) is 0 Å². The van der Waals surface area contributed by atoms with Crippen LogP contribution in [0.1, 0.15) is 30.2 Å². The van der Waals surface area contributed by atoms with E-state index in [1.807, 2.05) is 6.07 Å². The van der Waals surface area contributed by atoms with E-state index in [-0.39, 0.29) is 17.8 Å². The summed E-state index contributed by atoms with van der Waals surface area (Å²) >= 11 is 0. The number of benzene rings is 1. The summed E-state index contributed by atoms with van der Waals surface area (Å²) in [6.07, 6.45) is 3.64. The van der Waals surface area contributed by atoms with E-state index in [0.717, 1.165) is 30.7 Å². The van der Waals surface area contributed by atoms with Crippen LogP contribution in [0.5, 0.6) is 0 Å². The predicted octanol–water partition coefficient (Wildman–Crippen LogP) is 2.87. The first-order chi connectivity index (χ1) is 10.7. The monoisotopic (exact) mass is 302 g/mol. The predicted molar refractivity (Wildman–Crippen MR) is 80.5 cm³/mol. The maximum Gasteiger partial charge on any atom is 0.234 e. The summed E-state index contributed by atoms with van der Waals surface area (Å²) in [6.45, 7) is 1.64. The highest BCUT2D eigenvalue weighted by Crippen LogP contribution is 2.31. The van der Waals surface area contributed by atoms with Gasteiger partial charge in [-0.25, -0.2) is 4.39 Å². The average Bonchev–Trinajstić information content (AvgIpc) is 3.17. The second kappa shape index (κ2) is 6.75. The Bertz CT molecular complexity index is 610. The van der Waals surface area contributed by atoms with Crippen molar-refractivity contribution in [1.29, 1.82) is 0 Å². The Morgan fingerprint density at radius 2 is 2.14 bits per heavy atom. The number of halogens is 1. The molecule has 1 aliphatic rings. The van der Waals surface area contributed by atoms with Crippen LogP contribution in [0.3, 0.4) is 0 Å². The quantitative estimate of drug-likeness (QED) is 0.923. The number of likely N-dealkylation sites (tertiary alicyclic amines) is 1. The number of nitrogens with one attached hydrogen (secondary N) is 1. The minimum absolute atomic E-state index is 0.0228. The summed E-state index contributed by atoms with van der Waals surface area (Å²) in [5.74, 6) is 0.486. The molecule has 0 spiro atoms. The molecule has 0 saturated carbocycles. The summed E-state index contributed by atoms with van der Waals surface area (Å²) in [6, 6.07) is 10.4. The van der Waals surface area contributed by atoms with Crippen LogP contribution >= 0.6 is 0 Å². The Morgan fingerprint density at radius 1 is 1.32 bits per heavy atom. The molecular weight excluding hydrogens is 283 g/mol. The van der Waals surface area contributed by atoms with Crippen molar-refractivity contribution in [3.8, 4) is 0 Å². The van der Waals surface area contributed by atoms with Crippen LogP contribution in [0.15, 0.2) is 47.1 Å². The van der Waals surface area contributed by atoms with Gasteiger partial charge in [0.15, 0.2) is 0 Å². The molecule has 1 aromatic heterocycles. The van der Waals surface area contributed by atoms with Crippen molar-refractivity contribution in [3.63, 3.8) is 0 Å². The van der Waals surface area contributed by atoms with E-state index in [1.54, 1.807) is 24.5 Å². The lowest BCUT2D eigenvalue weighted by Crippen LogP contribution is -2.36. The Labute approximate surface area is 128 Å². The Kier molecular flexibility index (Phi) is 4.53. The van der Waals surface area contributed by atoms with Gasteiger partial charge in [-0.05, 0) is 49.2 Å². The minimum atomic E-state index is -0.232. The fraction of sp³-hybridized carbons (Fsp3) is 0.353. The van der Waals surface area contributed by atoms with Crippen molar-refractivity contribution in [1.82, 2.24) is 10.2 Å². The van der Waals surface area contributed by atoms with Gasteiger partial charge < -0.3 is 9.73 Å². The first kappa shape index (κ1) is 14.8. The van der Waals surface area contributed by atoms with Crippen molar-refractivity contribution in [2.24, 2.45) is 0 Å². The highest BCUT2D eigenvalue weighted by molar-refractivity contribution is 5.78. The van der Waals surface area contributed by atoms with Crippen LogP contribution in [-0.2, 0) is 11.3 Å². The van der Waals surface area contributed by atoms with Gasteiger partial charge in [-0.1, -0.05) is 12.1 Å². The smallest absolute Gasteiger partial charge is 0.234 e. The van der Waals surface area contributed by atoms with E-state index in [2.05, 4.69) is 10.2 Å². The van der Waals surface area contributed by atoms with E-state index in [0.29, 0.717) is 13.1 Å². The molecule has 1 N–H and O–H groups in total. The largest absolute Gasteiger partial charge is 0.467 e. The lowest BCUT2D eigenvalue weighted by molar-refractivity contribution is -0.122. The fourth-order valence-electron chi connectivity index (χ4n) is 2.92. The SMILES string of the molecule is O=C(CN1CCCC1c1ccc(F)cc1)NCc1ccco1. The maximum atomic E-state index is 13.0. The molecule has 3 rings (SSSR count). The van der Waals surface area contributed by atoms with Gasteiger partial charge in [0.2, 0.25) is 5.91 Å². The molecule has 5 heteroatoms. The van der Waals surface area contributed by atoms with Gasteiger partial charge >= 0.3 is 0 Å². The molecule has 1 unspecified atom stereocenters. The van der Waals surface area contributed by atoms with Gasteiger partial charge in [-0.15, -0.1) is 0 Å². The normalized spacial score (nSPS) is 18.5. The Balaban J connectivity index is 1.56. The van der Waals surface area contributed by atoms with Crippen LogP contribution in [0.2, 0.25) is 0 Å². The highest BCUT2D eigenvalue weighted by Gasteiger charge is 2.27. The zero-order valence-electron chi connectivity index (χ0n) is 12.3. The molecule has 22 heavy (non-hydrogen) atoms. The molecule has 0 aliphatic carbocycles. The molecule has 116 valence electrons. The van der Waals surface area contributed by atoms with Crippen molar-refractivity contribution in [2.45, 2.75) is 25.4 Å². The van der Waals surface area contributed by atoms with E-state index in [1.165, 1.54) is 12.1 Å². The number of carbonyl (C=O) groups excluding carboxylic acids is 1. The number of amides is 1. The molecule has 1 aliphatic heterocycles. The van der Waals surface area contributed by atoms with E-state index in [4.69, 9.17) is 4.42 Å². The number of furan rings is 1. The molecular formula is C17H19FN2O2. The fourth-order valence-corrected chi connectivity index (χ4v) is 2.92. The molecule has 0 radical (unpaired) electrons. The van der Waals surface area contributed by atoms with Crippen molar-refractivity contribution in [3.05, 3.63) is 59.8 Å². The standard InChI is InChI=1S/C17H19FN2O2/c18-14-7-5-13(6-8-14)16-4-1-9-20(16)12-17(21)19-11-15-3-2-10-22-15/h2-3,5-8,10,16H,1,4,9,11-12H2,(H,19,21). The van der Waals surface area contributed by atoms with E-state index < -0.39 is 0 Å². The highest BCUT2D eigenvalue weighted by atomic mass is 19.1.